The molecule has 0 amide bonds. The Bertz CT molecular complexity index is 356. The summed E-state index contributed by atoms with van der Waals surface area (Å²) in [6.45, 7) is 9.84. The van der Waals surface area contributed by atoms with Crippen molar-refractivity contribution in [2.75, 3.05) is 13.1 Å². The molecule has 4 heteroatoms. The minimum Gasteiger partial charge on any atom is -0.311 e. The molecule has 1 fully saturated rings. The number of nitrogens with one attached hydrogen (secondary N) is 1. The molecule has 0 aliphatic carbocycles. The van der Waals surface area contributed by atoms with Crippen LogP contribution in [0.5, 0.6) is 0 Å². The number of aromatic nitrogens is 1. The molecule has 0 aromatic carbocycles. The van der Waals surface area contributed by atoms with Crippen LogP contribution in [0.1, 0.15) is 25.1 Å². The summed E-state index contributed by atoms with van der Waals surface area (Å²) in [6.07, 6.45) is 1.86. The second-order valence-corrected chi connectivity index (χ2v) is 4.84. The Labute approximate surface area is 110 Å². The third-order valence-corrected chi connectivity index (χ3v) is 3.38. The van der Waals surface area contributed by atoms with E-state index in [9.17, 15) is 0 Å². The van der Waals surface area contributed by atoms with Crippen molar-refractivity contribution < 1.29 is 0 Å². The molecule has 0 bridgehead atoms. The highest BCUT2D eigenvalue weighted by atomic mass is 35.5. The fraction of sp³-hybridized carbons (Fsp3) is 0.615. The van der Waals surface area contributed by atoms with E-state index in [1.807, 2.05) is 12.3 Å². The highest BCUT2D eigenvalue weighted by Crippen LogP contribution is 2.13. The number of pyridine rings is 1. The topological polar surface area (TPSA) is 28.2 Å². The number of rotatable bonds is 2. The van der Waals surface area contributed by atoms with Crippen molar-refractivity contribution in [3.8, 4) is 0 Å². The summed E-state index contributed by atoms with van der Waals surface area (Å²) in [4.78, 5) is 6.88. The third-order valence-electron chi connectivity index (χ3n) is 3.38. The van der Waals surface area contributed by atoms with Gasteiger partial charge in [0.1, 0.15) is 0 Å². The van der Waals surface area contributed by atoms with Gasteiger partial charge in [0.05, 0.1) is 0 Å². The number of halogens is 1. The van der Waals surface area contributed by atoms with Crippen LogP contribution in [-0.4, -0.2) is 35.1 Å². The van der Waals surface area contributed by atoms with Crippen molar-refractivity contribution in [3.63, 3.8) is 0 Å². The van der Waals surface area contributed by atoms with Crippen molar-refractivity contribution in [2.24, 2.45) is 0 Å². The summed E-state index contributed by atoms with van der Waals surface area (Å²) in [5.41, 5.74) is 2.50. The molecule has 1 aliphatic rings. The molecule has 0 radical (unpaired) electrons. The first kappa shape index (κ1) is 14.4. The molecule has 2 unspecified atom stereocenters. The summed E-state index contributed by atoms with van der Waals surface area (Å²) >= 11 is 0. The quantitative estimate of drug-likeness (QED) is 0.876. The lowest BCUT2D eigenvalue weighted by atomic mass is 10.1. The molecule has 1 saturated heterocycles. The Hall–Kier alpha value is -0.640. The minimum absolute atomic E-state index is 0. The van der Waals surface area contributed by atoms with Gasteiger partial charge < -0.3 is 5.32 Å². The van der Waals surface area contributed by atoms with Gasteiger partial charge in [0.2, 0.25) is 0 Å². The van der Waals surface area contributed by atoms with Crippen molar-refractivity contribution in [3.05, 3.63) is 29.6 Å². The third kappa shape index (κ3) is 3.66. The summed E-state index contributed by atoms with van der Waals surface area (Å²) in [5.74, 6) is 0. The average Bonchev–Trinajstić information content (AvgIpc) is 2.27. The maximum Gasteiger partial charge on any atom is 0.0417 e. The first-order chi connectivity index (χ1) is 7.66. The Morgan fingerprint density at radius 1 is 1.47 bits per heavy atom. The predicted octanol–water partition coefficient (Wildman–Crippen LogP) is 1.99. The van der Waals surface area contributed by atoms with E-state index < -0.39 is 0 Å². The SMILES string of the molecule is Cc1ncccc1CN1CC(C)NCC1C.Cl. The highest BCUT2D eigenvalue weighted by molar-refractivity contribution is 5.85. The Balaban J connectivity index is 0.00000144. The largest absolute Gasteiger partial charge is 0.311 e. The first-order valence-corrected chi connectivity index (χ1v) is 6.04. The molecule has 1 aliphatic heterocycles. The molecule has 1 N–H and O–H groups in total. The molecule has 2 atom stereocenters. The zero-order valence-corrected chi connectivity index (χ0v) is 11.6. The predicted molar refractivity (Wildman–Crippen MR) is 73.6 cm³/mol. The maximum atomic E-state index is 4.35. The van der Waals surface area contributed by atoms with E-state index >= 15 is 0 Å². The molecule has 1 aromatic rings. The molecule has 0 spiro atoms. The van der Waals surface area contributed by atoms with Gasteiger partial charge >= 0.3 is 0 Å². The van der Waals surface area contributed by atoms with Gasteiger partial charge in [0, 0.05) is 43.6 Å². The number of nitrogens with zero attached hydrogens (tertiary/aromatic N) is 2. The van der Waals surface area contributed by atoms with Crippen molar-refractivity contribution in [1.82, 2.24) is 15.2 Å². The van der Waals surface area contributed by atoms with Crippen LogP contribution >= 0.6 is 12.4 Å². The molecule has 1 aromatic heterocycles. The van der Waals surface area contributed by atoms with Gasteiger partial charge in [0.15, 0.2) is 0 Å². The van der Waals surface area contributed by atoms with Crippen molar-refractivity contribution >= 4 is 12.4 Å². The van der Waals surface area contributed by atoms with E-state index in [1.165, 1.54) is 5.56 Å². The van der Waals surface area contributed by atoms with E-state index in [0.717, 1.165) is 25.3 Å². The standard InChI is InChI=1S/C13H21N3.ClH/c1-10-8-16(11(2)7-15-10)9-13-5-4-6-14-12(13)3;/h4-6,10-11,15H,7-9H2,1-3H3;1H. The molecule has 0 saturated carbocycles. The average molecular weight is 256 g/mol. The molecule has 96 valence electrons. The molecule has 17 heavy (non-hydrogen) atoms. The van der Waals surface area contributed by atoms with E-state index in [2.05, 4.69) is 42.0 Å². The lowest BCUT2D eigenvalue weighted by Crippen LogP contribution is -2.53. The fourth-order valence-corrected chi connectivity index (χ4v) is 2.22. The van der Waals surface area contributed by atoms with Crippen LogP contribution in [0.3, 0.4) is 0 Å². The van der Waals surface area contributed by atoms with Crippen molar-refractivity contribution in [1.29, 1.82) is 0 Å². The zero-order valence-electron chi connectivity index (χ0n) is 10.8. The fourth-order valence-electron chi connectivity index (χ4n) is 2.22. The van der Waals surface area contributed by atoms with Crippen LogP contribution in [0.4, 0.5) is 0 Å². The van der Waals surface area contributed by atoms with Gasteiger partial charge in [0.25, 0.3) is 0 Å². The van der Waals surface area contributed by atoms with E-state index in [0.29, 0.717) is 12.1 Å². The van der Waals surface area contributed by atoms with Crippen LogP contribution in [0, 0.1) is 6.92 Å². The van der Waals surface area contributed by atoms with Gasteiger partial charge in [-0.1, -0.05) is 6.07 Å². The molecule has 2 heterocycles. The summed E-state index contributed by atoms with van der Waals surface area (Å²) in [6, 6.07) is 5.41. The Morgan fingerprint density at radius 3 is 2.94 bits per heavy atom. The normalized spacial score (nSPS) is 25.4. The van der Waals surface area contributed by atoms with Gasteiger partial charge in [-0.3, -0.25) is 9.88 Å². The smallest absolute Gasteiger partial charge is 0.0417 e. The molecular weight excluding hydrogens is 234 g/mol. The molecule has 3 nitrogen and oxygen atoms in total. The van der Waals surface area contributed by atoms with E-state index in [4.69, 9.17) is 0 Å². The second-order valence-electron chi connectivity index (χ2n) is 4.84. The Morgan fingerprint density at radius 2 is 2.24 bits per heavy atom. The number of hydrogen-bond donors (Lipinski definition) is 1. The van der Waals surface area contributed by atoms with Crippen LogP contribution < -0.4 is 5.32 Å². The summed E-state index contributed by atoms with van der Waals surface area (Å²) in [7, 11) is 0. The number of aryl methyl sites for hydroxylation is 1. The van der Waals surface area contributed by atoms with E-state index in [-0.39, 0.29) is 12.4 Å². The first-order valence-electron chi connectivity index (χ1n) is 6.04. The summed E-state index contributed by atoms with van der Waals surface area (Å²) < 4.78 is 0. The van der Waals surface area contributed by atoms with Crippen LogP contribution in [-0.2, 0) is 6.54 Å². The minimum atomic E-state index is 0. The lowest BCUT2D eigenvalue weighted by molar-refractivity contribution is 0.138. The zero-order chi connectivity index (χ0) is 11.5. The van der Waals surface area contributed by atoms with Gasteiger partial charge in [-0.05, 0) is 32.4 Å². The van der Waals surface area contributed by atoms with Gasteiger partial charge in [-0.2, -0.15) is 0 Å². The highest BCUT2D eigenvalue weighted by Gasteiger charge is 2.22. The Kier molecular flexibility index (Phi) is 5.37. The maximum absolute atomic E-state index is 4.35. The lowest BCUT2D eigenvalue weighted by Gasteiger charge is -2.37. The van der Waals surface area contributed by atoms with Gasteiger partial charge in [-0.15, -0.1) is 12.4 Å². The molecule has 2 rings (SSSR count). The van der Waals surface area contributed by atoms with Crippen LogP contribution in [0.2, 0.25) is 0 Å². The van der Waals surface area contributed by atoms with E-state index in [1.54, 1.807) is 0 Å². The molecular formula is C13H22ClN3. The second kappa shape index (κ2) is 6.34. The number of hydrogen-bond acceptors (Lipinski definition) is 3. The van der Waals surface area contributed by atoms with Gasteiger partial charge in [-0.25, -0.2) is 0 Å². The summed E-state index contributed by atoms with van der Waals surface area (Å²) in [5, 5.41) is 3.50. The van der Waals surface area contributed by atoms with Crippen LogP contribution in [0.25, 0.3) is 0 Å². The number of piperazine rings is 1. The van der Waals surface area contributed by atoms with Crippen molar-refractivity contribution in [2.45, 2.75) is 39.4 Å². The van der Waals surface area contributed by atoms with Crippen LogP contribution in [0.15, 0.2) is 18.3 Å². The monoisotopic (exact) mass is 255 g/mol.